The number of anilines is 1. The number of hydrogen-bond donors (Lipinski definition) is 4. The number of benzene rings is 1. The third-order valence-corrected chi connectivity index (χ3v) is 6.52. The highest BCUT2D eigenvalue weighted by atomic mass is 32.2. The van der Waals surface area contributed by atoms with Crippen LogP contribution >= 0.6 is 0 Å². The van der Waals surface area contributed by atoms with Gasteiger partial charge in [0.15, 0.2) is 0 Å². The first-order valence-corrected chi connectivity index (χ1v) is 10.5. The van der Waals surface area contributed by atoms with Crippen molar-refractivity contribution in [1.29, 1.82) is 0 Å². The number of hydrogen-bond acceptors (Lipinski definition) is 8. The van der Waals surface area contributed by atoms with E-state index in [0.29, 0.717) is 5.69 Å². The minimum atomic E-state index is -3.97. The molecule has 1 fully saturated rings. The molecule has 1 atom stereocenters. The van der Waals surface area contributed by atoms with Crippen molar-refractivity contribution in [3.8, 4) is 0 Å². The van der Waals surface area contributed by atoms with E-state index in [1.165, 1.54) is 19.1 Å². The van der Waals surface area contributed by atoms with Crippen LogP contribution in [0, 0.1) is 0 Å². The Bertz CT molecular complexity index is 919. The van der Waals surface area contributed by atoms with E-state index >= 15 is 0 Å². The Hall–Kier alpha value is -2.66. The number of guanidine groups is 2. The minimum Gasteiger partial charge on any atom is -0.480 e. The molecule has 28 heavy (non-hydrogen) atoms. The van der Waals surface area contributed by atoms with Gasteiger partial charge in [-0.15, -0.1) is 0 Å². The van der Waals surface area contributed by atoms with Crippen LogP contribution in [-0.2, 0) is 14.8 Å². The molecule has 0 aromatic heterocycles. The van der Waals surface area contributed by atoms with E-state index in [4.69, 9.17) is 16.6 Å². The maximum atomic E-state index is 12.4. The molecular formula is C17H24N6O4S. The van der Waals surface area contributed by atoms with Gasteiger partial charge < -0.3 is 16.6 Å². The second kappa shape index (κ2) is 7.40. The predicted molar refractivity (Wildman–Crippen MR) is 105 cm³/mol. The van der Waals surface area contributed by atoms with Crippen molar-refractivity contribution in [3.05, 3.63) is 24.3 Å². The number of nitrogens with one attached hydrogen (secondary N) is 1. The molecule has 1 unspecified atom stereocenters. The molecule has 1 aliphatic heterocycles. The van der Waals surface area contributed by atoms with Crippen molar-refractivity contribution in [3.63, 3.8) is 0 Å². The van der Waals surface area contributed by atoms with E-state index in [1.807, 2.05) is 0 Å². The molecule has 1 aromatic carbocycles. The molecule has 6 N–H and O–H groups in total. The Labute approximate surface area is 163 Å². The van der Waals surface area contributed by atoms with Gasteiger partial charge in [-0.25, -0.2) is 13.4 Å². The van der Waals surface area contributed by atoms with Crippen LogP contribution in [0.15, 0.2) is 39.1 Å². The highest BCUT2D eigenvalue weighted by Crippen LogP contribution is 2.39. The molecule has 0 bridgehead atoms. The van der Waals surface area contributed by atoms with Crippen LogP contribution in [-0.4, -0.2) is 43.1 Å². The minimum absolute atomic E-state index is 0.0439. The largest absolute Gasteiger partial charge is 0.480 e. The zero-order chi connectivity index (χ0) is 20.5. The molecule has 11 heteroatoms. The Morgan fingerprint density at radius 2 is 1.82 bits per heavy atom. The quantitative estimate of drug-likeness (QED) is 0.552. The number of carboxylic acids is 1. The van der Waals surface area contributed by atoms with Gasteiger partial charge in [-0.05, 0) is 56.9 Å². The summed E-state index contributed by atoms with van der Waals surface area (Å²) >= 11 is 0. The van der Waals surface area contributed by atoms with Crippen LogP contribution in [0.5, 0.6) is 0 Å². The smallest absolute Gasteiger partial charge is 0.321 e. The van der Waals surface area contributed by atoms with E-state index in [2.05, 4.69) is 14.7 Å². The predicted octanol–water partition coefficient (Wildman–Crippen LogP) is 0.548. The van der Waals surface area contributed by atoms with Crippen molar-refractivity contribution >= 4 is 33.6 Å². The summed E-state index contributed by atoms with van der Waals surface area (Å²) in [7, 11) is -3.97. The Kier molecular flexibility index (Phi) is 5.31. The van der Waals surface area contributed by atoms with E-state index < -0.39 is 27.7 Å². The number of nitrogens with two attached hydrogens (primary N) is 2. The van der Waals surface area contributed by atoms with Gasteiger partial charge in [-0.3, -0.25) is 9.69 Å². The van der Waals surface area contributed by atoms with Crippen molar-refractivity contribution in [2.45, 2.75) is 55.6 Å². The summed E-state index contributed by atoms with van der Waals surface area (Å²) in [4.78, 5) is 21.3. The molecule has 0 radical (unpaired) electrons. The summed E-state index contributed by atoms with van der Waals surface area (Å²) in [6.45, 7) is 1.26. The van der Waals surface area contributed by atoms with Crippen molar-refractivity contribution in [2.75, 3.05) is 4.90 Å². The summed E-state index contributed by atoms with van der Waals surface area (Å²) in [6, 6.07) is 4.78. The van der Waals surface area contributed by atoms with Crippen molar-refractivity contribution < 1.29 is 18.3 Å². The fourth-order valence-electron chi connectivity index (χ4n) is 3.62. The van der Waals surface area contributed by atoms with Gasteiger partial charge in [0, 0.05) is 5.69 Å². The van der Waals surface area contributed by atoms with Crippen LogP contribution < -0.4 is 21.1 Å². The lowest BCUT2D eigenvalue weighted by Crippen LogP contribution is -2.58. The highest BCUT2D eigenvalue weighted by molar-refractivity contribution is 7.89. The van der Waals surface area contributed by atoms with Crippen LogP contribution in [0.3, 0.4) is 0 Å². The van der Waals surface area contributed by atoms with E-state index in [1.54, 1.807) is 17.0 Å². The molecule has 1 aliphatic carbocycles. The SMILES string of the molecule is CC(NS(=O)(=O)c1ccc(N2C(N)=NC(N)=NC23CCCCC3)cc1)C(=O)O. The van der Waals surface area contributed by atoms with E-state index in [9.17, 15) is 13.2 Å². The second-order valence-corrected chi connectivity index (χ2v) is 8.71. The van der Waals surface area contributed by atoms with Crippen LogP contribution in [0.4, 0.5) is 5.69 Å². The first kappa shape index (κ1) is 20.1. The number of aliphatic carboxylic acids is 1. The van der Waals surface area contributed by atoms with Crippen LogP contribution in [0.25, 0.3) is 0 Å². The van der Waals surface area contributed by atoms with Gasteiger partial charge in [0.25, 0.3) is 0 Å². The Morgan fingerprint density at radius 1 is 1.21 bits per heavy atom. The molecule has 1 spiro atoms. The van der Waals surface area contributed by atoms with Gasteiger partial charge in [0.2, 0.25) is 21.9 Å². The van der Waals surface area contributed by atoms with Gasteiger partial charge in [-0.2, -0.15) is 9.71 Å². The Morgan fingerprint density at radius 3 is 2.39 bits per heavy atom. The highest BCUT2D eigenvalue weighted by Gasteiger charge is 2.42. The molecule has 10 nitrogen and oxygen atoms in total. The van der Waals surface area contributed by atoms with Gasteiger partial charge in [-0.1, -0.05) is 6.42 Å². The maximum absolute atomic E-state index is 12.4. The molecule has 1 aromatic rings. The van der Waals surface area contributed by atoms with Crippen molar-refractivity contribution in [2.24, 2.45) is 21.5 Å². The summed E-state index contributed by atoms with van der Waals surface area (Å²) in [5.41, 5.74) is 12.0. The second-order valence-electron chi connectivity index (χ2n) is 6.99. The first-order valence-electron chi connectivity index (χ1n) is 9.00. The lowest BCUT2D eigenvalue weighted by Gasteiger charge is -2.45. The molecule has 1 heterocycles. The fourth-order valence-corrected chi connectivity index (χ4v) is 4.82. The molecule has 1 saturated carbocycles. The normalized spacial score (nSPS) is 20.4. The third-order valence-electron chi connectivity index (χ3n) is 4.96. The zero-order valence-corrected chi connectivity index (χ0v) is 16.3. The molecule has 0 saturated heterocycles. The lowest BCUT2D eigenvalue weighted by atomic mass is 9.87. The van der Waals surface area contributed by atoms with Gasteiger partial charge >= 0.3 is 5.97 Å². The molecule has 3 rings (SSSR count). The number of nitrogens with zero attached hydrogens (tertiary/aromatic N) is 3. The number of rotatable bonds is 5. The van der Waals surface area contributed by atoms with Gasteiger partial charge in [0.05, 0.1) is 4.90 Å². The fraction of sp³-hybridized carbons (Fsp3) is 0.471. The summed E-state index contributed by atoms with van der Waals surface area (Å²) in [6.07, 6.45) is 4.59. The number of sulfonamides is 1. The topological polar surface area (TPSA) is 163 Å². The number of carboxylic acid groups (broad SMARTS) is 1. The average Bonchev–Trinajstić information content (AvgIpc) is 2.61. The lowest BCUT2D eigenvalue weighted by molar-refractivity contribution is -0.138. The molecular weight excluding hydrogens is 384 g/mol. The number of carbonyl (C=O) groups is 1. The molecule has 0 amide bonds. The average molecular weight is 408 g/mol. The standard InChI is InChI=1S/C17H24N6O4S/c1-11(14(24)25)22-28(26,27)13-7-5-12(6-8-13)23-16(19)20-15(18)21-17(23)9-3-2-4-10-17/h5-8,11,22H,2-4,9-10H2,1H3,(H,24,25)(H4,18,19,20,21). The summed E-state index contributed by atoms with van der Waals surface area (Å²) in [5, 5.41) is 8.91. The summed E-state index contributed by atoms with van der Waals surface area (Å²) < 4.78 is 26.8. The third kappa shape index (κ3) is 3.80. The summed E-state index contributed by atoms with van der Waals surface area (Å²) in [5.74, 6) is -0.906. The molecule has 2 aliphatic rings. The van der Waals surface area contributed by atoms with Crippen LogP contribution in [0.1, 0.15) is 39.0 Å². The Balaban J connectivity index is 1.92. The van der Waals surface area contributed by atoms with E-state index in [-0.39, 0.29) is 16.8 Å². The van der Waals surface area contributed by atoms with Crippen molar-refractivity contribution in [1.82, 2.24) is 4.72 Å². The van der Waals surface area contributed by atoms with Crippen LogP contribution in [0.2, 0.25) is 0 Å². The monoisotopic (exact) mass is 408 g/mol. The molecule has 152 valence electrons. The number of aliphatic imine (C=N–C) groups is 2. The van der Waals surface area contributed by atoms with Gasteiger partial charge in [0.1, 0.15) is 11.7 Å². The maximum Gasteiger partial charge on any atom is 0.321 e. The first-order chi connectivity index (χ1) is 13.1. The zero-order valence-electron chi connectivity index (χ0n) is 15.5. The van der Waals surface area contributed by atoms with E-state index in [0.717, 1.165) is 32.1 Å².